The molecule has 0 atom stereocenters. The van der Waals surface area contributed by atoms with Crippen molar-refractivity contribution in [3.8, 4) is 6.07 Å². The lowest BCUT2D eigenvalue weighted by Crippen LogP contribution is -1.80. The Hall–Kier alpha value is -1.62. The third-order valence-electron chi connectivity index (χ3n) is 1.20. The van der Waals surface area contributed by atoms with Crippen LogP contribution < -0.4 is 0 Å². The highest BCUT2D eigenvalue weighted by Crippen LogP contribution is 1.93. The molecular formula is C9H8N2. The fourth-order valence-electron chi connectivity index (χ4n) is 0.731. The lowest BCUT2D eigenvalue weighted by molar-refractivity contribution is 1.25. The van der Waals surface area contributed by atoms with Gasteiger partial charge in [-0.05, 0) is 5.56 Å². The van der Waals surface area contributed by atoms with Crippen LogP contribution in [0.3, 0.4) is 0 Å². The first-order chi connectivity index (χ1) is 5.43. The molecule has 1 aromatic rings. The highest BCUT2D eigenvalue weighted by molar-refractivity contribution is 5.79. The zero-order valence-electron chi connectivity index (χ0n) is 6.07. The number of aliphatic imine (C=N–C) groups is 1. The average molecular weight is 144 g/mol. The van der Waals surface area contributed by atoms with E-state index in [0.717, 1.165) is 5.56 Å². The predicted octanol–water partition coefficient (Wildman–Crippen LogP) is 1.63. The molecule has 0 aromatic heterocycles. The lowest BCUT2D eigenvalue weighted by atomic mass is 10.2. The normalized spacial score (nSPS) is 9.73. The summed E-state index contributed by atoms with van der Waals surface area (Å²) in [5, 5.41) is 8.18. The second kappa shape index (κ2) is 4.24. The standard InChI is InChI=1S/C9H8N2/c10-6-7-11-8-9-4-2-1-3-5-9/h1-5,8H,7H2/b11-8+. The van der Waals surface area contributed by atoms with Gasteiger partial charge in [-0.2, -0.15) is 5.26 Å². The maximum absolute atomic E-state index is 8.18. The van der Waals surface area contributed by atoms with Gasteiger partial charge < -0.3 is 0 Å². The van der Waals surface area contributed by atoms with Crippen molar-refractivity contribution < 1.29 is 0 Å². The van der Waals surface area contributed by atoms with E-state index in [1.165, 1.54) is 0 Å². The minimum Gasteiger partial charge on any atom is -0.277 e. The molecule has 0 saturated heterocycles. The van der Waals surface area contributed by atoms with Crippen LogP contribution in [-0.4, -0.2) is 12.8 Å². The molecule has 11 heavy (non-hydrogen) atoms. The lowest BCUT2D eigenvalue weighted by Gasteiger charge is -1.87. The second-order valence-electron chi connectivity index (χ2n) is 2.04. The van der Waals surface area contributed by atoms with Crippen LogP contribution >= 0.6 is 0 Å². The van der Waals surface area contributed by atoms with Gasteiger partial charge in [0.1, 0.15) is 6.54 Å². The molecule has 0 aliphatic heterocycles. The van der Waals surface area contributed by atoms with E-state index in [0.29, 0.717) is 0 Å². The Bertz CT molecular complexity index is 269. The maximum atomic E-state index is 8.18. The predicted molar refractivity (Wildman–Crippen MR) is 44.5 cm³/mol. The molecule has 0 N–H and O–H groups in total. The van der Waals surface area contributed by atoms with E-state index in [1.54, 1.807) is 6.21 Å². The summed E-state index contributed by atoms with van der Waals surface area (Å²) < 4.78 is 0. The largest absolute Gasteiger partial charge is 0.277 e. The van der Waals surface area contributed by atoms with E-state index in [-0.39, 0.29) is 6.54 Å². The Kier molecular flexibility index (Phi) is 2.88. The molecule has 0 heterocycles. The smallest absolute Gasteiger partial charge is 0.126 e. The summed E-state index contributed by atoms with van der Waals surface area (Å²) >= 11 is 0. The Labute approximate surface area is 65.8 Å². The average Bonchev–Trinajstić information content (AvgIpc) is 2.07. The molecule has 54 valence electrons. The van der Waals surface area contributed by atoms with Crippen LogP contribution in [0.5, 0.6) is 0 Å². The fourth-order valence-corrected chi connectivity index (χ4v) is 0.731. The zero-order chi connectivity index (χ0) is 7.94. The summed E-state index contributed by atoms with van der Waals surface area (Å²) in [4.78, 5) is 3.87. The van der Waals surface area contributed by atoms with Gasteiger partial charge in [-0.25, -0.2) is 0 Å². The first kappa shape index (κ1) is 7.49. The van der Waals surface area contributed by atoms with Crippen molar-refractivity contribution in [2.75, 3.05) is 6.54 Å². The van der Waals surface area contributed by atoms with Crippen molar-refractivity contribution >= 4 is 6.21 Å². The number of hydrogen-bond acceptors (Lipinski definition) is 2. The number of rotatable bonds is 2. The SMILES string of the molecule is N#CC/N=C/c1ccccc1. The molecule has 2 heteroatoms. The van der Waals surface area contributed by atoms with E-state index >= 15 is 0 Å². The van der Waals surface area contributed by atoms with E-state index in [2.05, 4.69) is 4.99 Å². The quantitative estimate of drug-likeness (QED) is 0.459. The summed E-state index contributed by atoms with van der Waals surface area (Å²) in [5.41, 5.74) is 1.03. The van der Waals surface area contributed by atoms with Gasteiger partial charge >= 0.3 is 0 Å². The van der Waals surface area contributed by atoms with Crippen LogP contribution in [0, 0.1) is 11.3 Å². The van der Waals surface area contributed by atoms with Gasteiger partial charge in [-0.15, -0.1) is 0 Å². The van der Waals surface area contributed by atoms with Gasteiger partial charge in [0, 0.05) is 6.21 Å². The van der Waals surface area contributed by atoms with Crippen molar-refractivity contribution in [3.05, 3.63) is 35.9 Å². The van der Waals surface area contributed by atoms with Crippen LogP contribution in [0.25, 0.3) is 0 Å². The molecular weight excluding hydrogens is 136 g/mol. The summed E-state index contributed by atoms with van der Waals surface area (Å²) in [7, 11) is 0. The molecule has 2 nitrogen and oxygen atoms in total. The Morgan fingerprint density at radius 2 is 2.09 bits per heavy atom. The summed E-state index contributed by atoms with van der Waals surface area (Å²) in [6.07, 6.45) is 1.70. The molecule has 0 aliphatic carbocycles. The van der Waals surface area contributed by atoms with Gasteiger partial charge in [0.25, 0.3) is 0 Å². The van der Waals surface area contributed by atoms with Crippen LogP contribution in [0.4, 0.5) is 0 Å². The molecule has 0 fully saturated rings. The van der Waals surface area contributed by atoms with E-state index in [4.69, 9.17) is 5.26 Å². The summed E-state index contributed by atoms with van der Waals surface area (Å²) in [6.45, 7) is 0.231. The molecule has 0 amide bonds. The topological polar surface area (TPSA) is 36.1 Å². The molecule has 0 spiro atoms. The van der Waals surface area contributed by atoms with Crippen LogP contribution in [0.1, 0.15) is 5.56 Å². The van der Waals surface area contributed by atoms with E-state index in [1.807, 2.05) is 36.4 Å². The van der Waals surface area contributed by atoms with Gasteiger partial charge in [0.2, 0.25) is 0 Å². The highest BCUT2D eigenvalue weighted by atomic mass is 14.7. The number of hydrogen-bond donors (Lipinski definition) is 0. The molecule has 0 bridgehead atoms. The minimum absolute atomic E-state index is 0.231. The van der Waals surface area contributed by atoms with Crippen molar-refractivity contribution in [3.63, 3.8) is 0 Å². The van der Waals surface area contributed by atoms with Gasteiger partial charge in [-0.3, -0.25) is 4.99 Å². The van der Waals surface area contributed by atoms with Gasteiger partial charge in [0.15, 0.2) is 0 Å². The van der Waals surface area contributed by atoms with E-state index in [9.17, 15) is 0 Å². The third-order valence-corrected chi connectivity index (χ3v) is 1.20. The first-order valence-corrected chi connectivity index (χ1v) is 3.35. The number of nitriles is 1. The first-order valence-electron chi connectivity index (χ1n) is 3.35. The number of nitrogens with zero attached hydrogens (tertiary/aromatic N) is 2. The molecule has 0 saturated carbocycles. The van der Waals surface area contributed by atoms with Crippen molar-refractivity contribution in [2.45, 2.75) is 0 Å². The van der Waals surface area contributed by atoms with Gasteiger partial charge in [-0.1, -0.05) is 30.3 Å². The third kappa shape index (κ3) is 2.63. The highest BCUT2D eigenvalue weighted by Gasteiger charge is 1.81. The van der Waals surface area contributed by atoms with Crippen LogP contribution in [0.2, 0.25) is 0 Å². The van der Waals surface area contributed by atoms with Crippen LogP contribution in [0.15, 0.2) is 35.3 Å². The molecule has 0 unspecified atom stereocenters. The molecule has 1 rings (SSSR count). The van der Waals surface area contributed by atoms with Gasteiger partial charge in [0.05, 0.1) is 6.07 Å². The Morgan fingerprint density at radius 1 is 1.36 bits per heavy atom. The van der Waals surface area contributed by atoms with Crippen molar-refractivity contribution in [1.82, 2.24) is 0 Å². The molecule has 0 radical (unpaired) electrons. The fraction of sp³-hybridized carbons (Fsp3) is 0.111. The van der Waals surface area contributed by atoms with E-state index < -0.39 is 0 Å². The Morgan fingerprint density at radius 3 is 2.73 bits per heavy atom. The Balaban J connectivity index is 2.59. The monoisotopic (exact) mass is 144 g/mol. The maximum Gasteiger partial charge on any atom is 0.126 e. The van der Waals surface area contributed by atoms with Crippen molar-refractivity contribution in [2.24, 2.45) is 4.99 Å². The molecule has 1 aromatic carbocycles. The summed E-state index contributed by atoms with van der Waals surface area (Å²) in [6, 6.07) is 11.7. The van der Waals surface area contributed by atoms with Crippen LogP contribution in [-0.2, 0) is 0 Å². The summed E-state index contributed by atoms with van der Waals surface area (Å²) in [5.74, 6) is 0. The second-order valence-corrected chi connectivity index (χ2v) is 2.04. The van der Waals surface area contributed by atoms with Crippen molar-refractivity contribution in [1.29, 1.82) is 5.26 Å². The minimum atomic E-state index is 0.231. The zero-order valence-corrected chi connectivity index (χ0v) is 6.07. The number of benzene rings is 1. The molecule has 0 aliphatic rings.